The van der Waals surface area contributed by atoms with Crippen molar-refractivity contribution in [2.75, 3.05) is 46.9 Å². The van der Waals surface area contributed by atoms with Gasteiger partial charge in [0.15, 0.2) is 0 Å². The summed E-state index contributed by atoms with van der Waals surface area (Å²) in [5.74, 6) is -0.176. The summed E-state index contributed by atoms with van der Waals surface area (Å²) >= 11 is 0. The second-order valence-corrected chi connectivity index (χ2v) is 7.54. The van der Waals surface area contributed by atoms with Gasteiger partial charge in [-0.05, 0) is 27.7 Å². The average Bonchev–Trinajstić information content (AvgIpc) is 2.43. The number of hydrogen-bond acceptors (Lipinski definition) is 6. The number of carbonyl (C=O) groups is 2. The van der Waals surface area contributed by atoms with E-state index in [1.165, 1.54) is 4.90 Å². The molecule has 8 nitrogen and oxygen atoms in total. The van der Waals surface area contributed by atoms with Crippen molar-refractivity contribution < 1.29 is 24.2 Å². The fourth-order valence-corrected chi connectivity index (χ4v) is 2.61. The van der Waals surface area contributed by atoms with Crippen LogP contribution >= 0.6 is 0 Å². The van der Waals surface area contributed by atoms with E-state index in [1.54, 1.807) is 41.8 Å². The quantitative estimate of drug-likeness (QED) is 0.732. The maximum atomic E-state index is 12.0. The summed E-state index contributed by atoms with van der Waals surface area (Å²) in [5, 5.41) is 13.2. The summed E-state index contributed by atoms with van der Waals surface area (Å²) in [7, 11) is 3.16. The summed E-state index contributed by atoms with van der Waals surface area (Å²) in [6, 6.07) is 0. The Morgan fingerprint density at radius 2 is 2.00 bits per heavy atom. The first-order chi connectivity index (χ1) is 10.9. The van der Waals surface area contributed by atoms with Crippen molar-refractivity contribution in [2.24, 2.45) is 0 Å². The molecule has 1 aliphatic heterocycles. The highest BCUT2D eigenvalue weighted by Gasteiger charge is 2.33. The van der Waals surface area contributed by atoms with Crippen LogP contribution in [0, 0.1) is 0 Å². The Balaban J connectivity index is 2.56. The Hall–Kier alpha value is -1.38. The summed E-state index contributed by atoms with van der Waals surface area (Å²) in [4.78, 5) is 27.0. The smallest absolute Gasteiger partial charge is 0.410 e. The topological polar surface area (TPSA) is 91.3 Å². The van der Waals surface area contributed by atoms with E-state index in [2.05, 4.69) is 5.32 Å². The molecule has 0 bridgehead atoms. The molecule has 2 atom stereocenters. The second-order valence-electron chi connectivity index (χ2n) is 7.54. The van der Waals surface area contributed by atoms with E-state index in [4.69, 9.17) is 9.47 Å². The third kappa shape index (κ3) is 7.02. The third-order valence-electron chi connectivity index (χ3n) is 3.54. The predicted molar refractivity (Wildman–Crippen MR) is 89.7 cm³/mol. The van der Waals surface area contributed by atoms with Crippen LogP contribution in [0.25, 0.3) is 0 Å². The Kier molecular flexibility index (Phi) is 7.00. The largest absolute Gasteiger partial charge is 0.444 e. The van der Waals surface area contributed by atoms with Crippen LogP contribution in [0.3, 0.4) is 0 Å². The van der Waals surface area contributed by atoms with Gasteiger partial charge < -0.3 is 24.8 Å². The van der Waals surface area contributed by atoms with Crippen LogP contribution in [0.4, 0.5) is 4.79 Å². The molecule has 1 saturated heterocycles. The number of aliphatic hydroxyl groups is 1. The van der Waals surface area contributed by atoms with Crippen molar-refractivity contribution in [3.63, 3.8) is 0 Å². The van der Waals surface area contributed by atoms with Gasteiger partial charge in [-0.3, -0.25) is 9.69 Å². The first kappa shape index (κ1) is 20.7. The van der Waals surface area contributed by atoms with E-state index in [0.717, 1.165) is 0 Å². The number of ether oxygens (including phenoxy) is 2. The summed E-state index contributed by atoms with van der Waals surface area (Å²) < 4.78 is 10.7. The van der Waals surface area contributed by atoms with Gasteiger partial charge >= 0.3 is 6.09 Å². The maximum Gasteiger partial charge on any atom is 0.410 e. The van der Waals surface area contributed by atoms with Crippen LogP contribution in [0.2, 0.25) is 0 Å². The van der Waals surface area contributed by atoms with Crippen molar-refractivity contribution >= 4 is 12.0 Å². The van der Waals surface area contributed by atoms with Gasteiger partial charge in [0, 0.05) is 33.7 Å². The van der Waals surface area contributed by atoms with E-state index in [0.29, 0.717) is 26.2 Å². The number of rotatable bonds is 5. The van der Waals surface area contributed by atoms with Crippen LogP contribution in [-0.4, -0.2) is 91.1 Å². The molecule has 1 fully saturated rings. The van der Waals surface area contributed by atoms with Gasteiger partial charge in [-0.2, -0.15) is 0 Å². The van der Waals surface area contributed by atoms with Gasteiger partial charge in [0.1, 0.15) is 11.7 Å². The molecule has 24 heavy (non-hydrogen) atoms. The predicted octanol–water partition coefficient (Wildman–Crippen LogP) is 0.0511. The van der Waals surface area contributed by atoms with Crippen LogP contribution in [0.15, 0.2) is 0 Å². The molecule has 0 aromatic carbocycles. The number of carbonyl (C=O) groups excluding carboxylic acids is 2. The van der Waals surface area contributed by atoms with Crippen LogP contribution in [0.5, 0.6) is 0 Å². The van der Waals surface area contributed by atoms with Crippen molar-refractivity contribution in [2.45, 2.75) is 45.0 Å². The molecule has 2 N–H and O–H groups in total. The molecular formula is C16H31N3O5. The zero-order chi connectivity index (χ0) is 18.5. The minimum atomic E-state index is -1.13. The fraction of sp³-hybridized carbons (Fsp3) is 0.875. The maximum absolute atomic E-state index is 12.0. The molecule has 0 aliphatic carbocycles. The highest BCUT2D eigenvalue weighted by Crippen LogP contribution is 2.15. The lowest BCUT2D eigenvalue weighted by atomic mass is 10.1. The number of nitrogens with zero attached hydrogens (tertiary/aromatic N) is 2. The zero-order valence-electron chi connectivity index (χ0n) is 15.6. The molecular weight excluding hydrogens is 314 g/mol. The first-order valence-corrected chi connectivity index (χ1v) is 8.15. The van der Waals surface area contributed by atoms with Gasteiger partial charge in [-0.1, -0.05) is 0 Å². The Labute approximate surface area is 144 Å². The second kappa shape index (κ2) is 8.13. The summed E-state index contributed by atoms with van der Waals surface area (Å²) in [6.07, 6.45) is -1.02. The monoisotopic (exact) mass is 345 g/mol. The zero-order valence-corrected chi connectivity index (χ0v) is 15.6. The standard InChI is InChI=1S/C16H31N3O5/c1-15(2,3)24-14(21)18(6)10-16(4,22)11-19-7-8-23-12(9-19)13(20)17-5/h12,22H,7-11H2,1-6H3,(H,17,20). The van der Waals surface area contributed by atoms with Gasteiger partial charge in [0.05, 0.1) is 18.8 Å². The van der Waals surface area contributed by atoms with E-state index in [1.807, 2.05) is 4.90 Å². The third-order valence-corrected chi connectivity index (χ3v) is 3.54. The minimum Gasteiger partial charge on any atom is -0.444 e. The Morgan fingerprint density at radius 1 is 1.38 bits per heavy atom. The van der Waals surface area contributed by atoms with E-state index in [-0.39, 0.29) is 12.5 Å². The van der Waals surface area contributed by atoms with Crippen molar-refractivity contribution in [3.05, 3.63) is 0 Å². The number of morpholine rings is 1. The van der Waals surface area contributed by atoms with Crippen molar-refractivity contribution in [1.82, 2.24) is 15.1 Å². The molecule has 2 amide bonds. The molecule has 2 unspecified atom stereocenters. The van der Waals surface area contributed by atoms with Gasteiger partial charge in [-0.25, -0.2) is 4.79 Å². The number of likely N-dealkylation sites (N-methyl/N-ethyl adjacent to an activating group) is 2. The number of nitrogens with one attached hydrogen (secondary N) is 1. The lowest BCUT2D eigenvalue weighted by Gasteiger charge is -2.38. The molecule has 140 valence electrons. The molecule has 1 rings (SSSR count). The molecule has 0 aromatic heterocycles. The highest BCUT2D eigenvalue weighted by molar-refractivity contribution is 5.80. The van der Waals surface area contributed by atoms with Crippen LogP contribution < -0.4 is 5.32 Å². The number of hydrogen-bond donors (Lipinski definition) is 2. The van der Waals surface area contributed by atoms with E-state index < -0.39 is 23.4 Å². The van der Waals surface area contributed by atoms with Crippen molar-refractivity contribution in [3.8, 4) is 0 Å². The molecule has 1 aliphatic rings. The Bertz CT molecular complexity index is 447. The van der Waals surface area contributed by atoms with Gasteiger partial charge in [0.2, 0.25) is 5.91 Å². The highest BCUT2D eigenvalue weighted by atomic mass is 16.6. The number of amides is 2. The summed E-state index contributed by atoms with van der Waals surface area (Å²) in [6.45, 7) is 8.97. The van der Waals surface area contributed by atoms with Crippen LogP contribution in [-0.2, 0) is 14.3 Å². The fourth-order valence-electron chi connectivity index (χ4n) is 2.61. The van der Waals surface area contributed by atoms with Crippen LogP contribution in [0.1, 0.15) is 27.7 Å². The minimum absolute atomic E-state index is 0.129. The van der Waals surface area contributed by atoms with Crippen molar-refractivity contribution in [1.29, 1.82) is 0 Å². The summed E-state index contributed by atoms with van der Waals surface area (Å²) in [5.41, 5.74) is -1.71. The molecule has 8 heteroatoms. The molecule has 1 heterocycles. The first-order valence-electron chi connectivity index (χ1n) is 8.15. The van der Waals surface area contributed by atoms with Gasteiger partial charge in [-0.15, -0.1) is 0 Å². The van der Waals surface area contributed by atoms with E-state index >= 15 is 0 Å². The lowest BCUT2D eigenvalue weighted by Crippen LogP contribution is -2.55. The SMILES string of the molecule is CNC(=O)C1CN(CC(C)(O)CN(C)C(=O)OC(C)(C)C)CCO1. The average molecular weight is 345 g/mol. The molecule has 0 saturated carbocycles. The molecule has 0 aromatic rings. The van der Waals surface area contributed by atoms with E-state index in [9.17, 15) is 14.7 Å². The van der Waals surface area contributed by atoms with Gasteiger partial charge in [0.25, 0.3) is 0 Å². The lowest BCUT2D eigenvalue weighted by molar-refractivity contribution is -0.140. The number of β-amino-alcohol motifs (C(OH)–C–C–N with tert-alkyl or cyclic N) is 1. The normalized spacial score (nSPS) is 21.7. The molecule has 0 spiro atoms. The molecule has 0 radical (unpaired) electrons. The Morgan fingerprint density at radius 3 is 2.54 bits per heavy atom.